The molecule has 3 aliphatic carbocycles. The number of fused-ring (bicyclic) bond motifs is 12. The second-order valence-corrected chi connectivity index (χ2v) is 34.8. The lowest BCUT2D eigenvalue weighted by atomic mass is 9.85. The molecule has 11 nitrogen and oxygen atoms in total. The van der Waals surface area contributed by atoms with E-state index in [1.807, 2.05) is 211 Å². The minimum Gasteiger partial charge on any atom is -0.461 e. The maximum Gasteiger partial charge on any atom is 0.192 e. The van der Waals surface area contributed by atoms with Gasteiger partial charge in [0.2, 0.25) is 0 Å². The fraction of sp³-hybridized carbons (Fsp3) is 0.205. The maximum absolute atomic E-state index is 5.37. The third-order valence-electron chi connectivity index (χ3n) is 21.5. The van der Waals surface area contributed by atoms with E-state index in [1.165, 1.54) is 121 Å². The zero-order valence-electron chi connectivity index (χ0n) is 74.0. The normalized spacial score (nSPS) is 12.6. The summed E-state index contributed by atoms with van der Waals surface area (Å²) >= 11 is 3.59. The number of oxazole rings is 1. The summed E-state index contributed by atoms with van der Waals surface area (Å²) in [6.45, 7) is 24.8. The molecule has 2 N–H and O–H groups in total. The number of furan rings is 1. The van der Waals surface area contributed by atoms with Crippen molar-refractivity contribution in [2.24, 2.45) is 11.8 Å². The minimum atomic E-state index is 0.723. The van der Waals surface area contributed by atoms with Gasteiger partial charge >= 0.3 is 0 Å². The molecule has 13 aromatic carbocycles. The Bertz CT molecular complexity index is 6000. The van der Waals surface area contributed by atoms with Gasteiger partial charge in [0.1, 0.15) is 28.5 Å². The second kappa shape index (κ2) is 45.2. The highest BCUT2D eigenvalue weighted by Crippen LogP contribution is 2.29. The number of rotatable bonds is 0. The first-order chi connectivity index (χ1) is 60.8. The SMILES string of the molecule is CC1CCc2ccccc2C1.CC1Cc2ccccc2C1.Cc1cc2ccccc2[nH]1.Cc1cc2ccccc2o1.Cc1cc2ccccc2s1.Cc1ccc2c(c1)CCCC2.Cc1ccc2ccccc2c1.Cc1cnc2ccccc2n1.Cc1nc2ccccc2[nH]1.Cc1nc2ccccc2o1.Cc1nc2ccccc2s1.Cc1ncc2ccccc2n1. The van der Waals surface area contributed by atoms with E-state index in [1.54, 1.807) is 50.9 Å². The Hall–Kier alpha value is -13.3. The summed E-state index contributed by atoms with van der Waals surface area (Å²) in [5.41, 5.74) is 24.6. The largest absolute Gasteiger partial charge is 0.461 e. The van der Waals surface area contributed by atoms with Gasteiger partial charge in [-0.2, -0.15) is 0 Å². The van der Waals surface area contributed by atoms with Gasteiger partial charge in [0.05, 0.1) is 48.5 Å². The Morgan fingerprint density at radius 1 is 0.320 bits per heavy atom. The van der Waals surface area contributed by atoms with E-state index in [0.29, 0.717) is 0 Å². The number of nitrogens with zero attached hydrogens (tertiary/aromatic N) is 7. The molecular weight excluding hydrogens is 1570 g/mol. The van der Waals surface area contributed by atoms with E-state index < -0.39 is 0 Å². The zero-order valence-corrected chi connectivity index (χ0v) is 75.7. The van der Waals surface area contributed by atoms with Crippen molar-refractivity contribution in [3.8, 4) is 0 Å². The zero-order chi connectivity index (χ0) is 87.2. The third-order valence-corrected chi connectivity index (χ3v) is 23.5. The van der Waals surface area contributed by atoms with Crippen LogP contribution in [0.15, 0.2) is 343 Å². The van der Waals surface area contributed by atoms with Crippen LogP contribution >= 0.6 is 22.7 Å². The number of thiophene rings is 1. The van der Waals surface area contributed by atoms with E-state index in [0.717, 1.165) is 101 Å². The highest BCUT2D eigenvalue weighted by atomic mass is 32.1. The average molecular weight is 1680 g/mol. The summed E-state index contributed by atoms with van der Waals surface area (Å²) in [6.07, 6.45) is 15.5. The number of H-pyrrole nitrogens is 2. The number of thiazole rings is 1. The van der Waals surface area contributed by atoms with E-state index in [4.69, 9.17) is 8.83 Å². The number of benzene rings is 13. The molecule has 0 saturated heterocycles. The second-order valence-electron chi connectivity index (χ2n) is 32.3. The molecule has 8 aromatic heterocycles. The van der Waals surface area contributed by atoms with E-state index in [9.17, 15) is 0 Å². The lowest BCUT2D eigenvalue weighted by Gasteiger charge is -2.20. The maximum atomic E-state index is 5.37. The molecule has 0 spiro atoms. The van der Waals surface area contributed by atoms with Gasteiger partial charge in [0, 0.05) is 50.9 Å². The fourth-order valence-electron chi connectivity index (χ4n) is 15.4. The quantitative estimate of drug-likeness (QED) is 0.151. The molecule has 0 amide bonds. The molecule has 0 bridgehead atoms. The number of imidazole rings is 1. The number of para-hydroxylation sites is 10. The van der Waals surface area contributed by atoms with Crippen LogP contribution in [-0.4, -0.2) is 44.9 Å². The molecule has 0 aliphatic heterocycles. The first-order valence-electron chi connectivity index (χ1n) is 43.4. The summed E-state index contributed by atoms with van der Waals surface area (Å²) in [4.78, 5) is 37.4. The van der Waals surface area contributed by atoms with Crippen LogP contribution in [0.5, 0.6) is 0 Å². The molecular formula is C112H113N9O2S2. The van der Waals surface area contributed by atoms with Crippen LogP contribution in [0.25, 0.3) is 97.0 Å². The topological polar surface area (TPSA) is 148 Å². The highest BCUT2D eigenvalue weighted by Gasteiger charge is 2.17. The van der Waals surface area contributed by atoms with Crippen molar-refractivity contribution in [1.29, 1.82) is 0 Å². The van der Waals surface area contributed by atoms with Crippen LogP contribution in [0.2, 0.25) is 0 Å². The lowest BCUT2D eigenvalue weighted by Crippen LogP contribution is -2.10. The Morgan fingerprint density at radius 2 is 0.856 bits per heavy atom. The minimum absolute atomic E-state index is 0.723. The molecule has 0 fully saturated rings. The van der Waals surface area contributed by atoms with Crippen molar-refractivity contribution < 1.29 is 8.83 Å². The van der Waals surface area contributed by atoms with E-state index in [2.05, 4.69) is 256 Å². The molecule has 1 atom stereocenters. The Morgan fingerprint density at radius 3 is 1.54 bits per heavy atom. The average Bonchev–Trinajstić information content (AvgIpc) is 1.53. The lowest BCUT2D eigenvalue weighted by molar-refractivity contribution is 0.501. The van der Waals surface area contributed by atoms with Gasteiger partial charge in [0.15, 0.2) is 11.5 Å². The van der Waals surface area contributed by atoms with Crippen LogP contribution in [0, 0.1) is 81.1 Å². The highest BCUT2D eigenvalue weighted by molar-refractivity contribution is 7.19. The number of aromatic nitrogens is 9. The molecule has 8 heterocycles. The van der Waals surface area contributed by atoms with Gasteiger partial charge in [-0.15, -0.1) is 22.7 Å². The van der Waals surface area contributed by atoms with Crippen LogP contribution in [0.1, 0.15) is 122 Å². The summed E-state index contributed by atoms with van der Waals surface area (Å²) in [5, 5.41) is 8.72. The first-order valence-corrected chi connectivity index (χ1v) is 45.0. The number of aryl methyl sites for hydroxylation is 13. The van der Waals surface area contributed by atoms with Crippen molar-refractivity contribution in [1.82, 2.24) is 44.9 Å². The van der Waals surface area contributed by atoms with Gasteiger partial charge in [-0.3, -0.25) is 4.98 Å². The van der Waals surface area contributed by atoms with Crippen molar-refractivity contribution in [3.05, 3.63) is 423 Å². The fourth-order valence-corrected chi connectivity index (χ4v) is 17.2. The molecule has 125 heavy (non-hydrogen) atoms. The van der Waals surface area contributed by atoms with Gasteiger partial charge in [-0.25, -0.2) is 29.9 Å². The molecule has 3 aliphatic rings. The van der Waals surface area contributed by atoms with Gasteiger partial charge < -0.3 is 18.8 Å². The molecule has 21 aromatic rings. The predicted octanol–water partition coefficient (Wildman–Crippen LogP) is 30.2. The molecule has 24 rings (SSSR count). The van der Waals surface area contributed by atoms with Crippen LogP contribution in [0.3, 0.4) is 0 Å². The molecule has 13 heteroatoms. The predicted molar refractivity (Wildman–Crippen MR) is 530 cm³/mol. The third kappa shape index (κ3) is 27.1. The number of nitrogens with one attached hydrogen (secondary N) is 2. The monoisotopic (exact) mass is 1680 g/mol. The van der Waals surface area contributed by atoms with Crippen molar-refractivity contribution in [2.75, 3.05) is 0 Å². The molecule has 0 saturated carbocycles. The van der Waals surface area contributed by atoms with Crippen LogP contribution in [-0.2, 0) is 38.5 Å². The van der Waals surface area contributed by atoms with Crippen LogP contribution < -0.4 is 0 Å². The number of hydrogen-bond acceptors (Lipinski definition) is 11. The summed E-state index contributed by atoms with van der Waals surface area (Å²) in [6, 6.07) is 110. The Labute approximate surface area is 743 Å². The van der Waals surface area contributed by atoms with Crippen molar-refractivity contribution in [3.63, 3.8) is 0 Å². The molecule has 630 valence electrons. The molecule has 0 radical (unpaired) electrons. The Kier molecular flexibility index (Phi) is 32.3. The van der Waals surface area contributed by atoms with Crippen molar-refractivity contribution in [2.45, 2.75) is 141 Å². The summed E-state index contributed by atoms with van der Waals surface area (Å²) in [5.74, 6) is 5.26. The van der Waals surface area contributed by atoms with E-state index >= 15 is 0 Å². The van der Waals surface area contributed by atoms with Gasteiger partial charge in [-0.05, 0) is 278 Å². The Balaban J connectivity index is 0.000000117. The molecule has 1 unspecified atom stereocenters. The van der Waals surface area contributed by atoms with Crippen molar-refractivity contribution >= 4 is 120 Å². The van der Waals surface area contributed by atoms with E-state index in [-0.39, 0.29) is 0 Å². The van der Waals surface area contributed by atoms with Gasteiger partial charge in [0.25, 0.3) is 0 Å². The van der Waals surface area contributed by atoms with Crippen LogP contribution in [0.4, 0.5) is 0 Å². The summed E-state index contributed by atoms with van der Waals surface area (Å²) in [7, 11) is 0. The standard InChI is InChI=1S/2C11H14.C11H10.C10H12.2C9H8N2.C9H9N.C9H8O.C9H8S.C8H8N2.C8H7NO.C8H7NS/c3*1-9-6-7-10-4-2-3-5-11(10)8-9;1-8-6-9-4-2-3-5-10(9)7-8;1-7-10-6-8-4-2-3-5-9(8)11-7;1-7-6-10-8-4-2-3-5-9(8)11-7;3*1-7-6-8-4-2-3-5-9(8)10-7;3*1-6-9-7-4-2-3-5-8(7)10-6/h6-8H,2-5H2,1H3;2-5,9H,6-8H2,1H3;2-8H,1H3;2-5,8H,6-7H2,1H3;2*2-6H,1H3;2-6,10H,1H3;2*2-6H,1H3;2-5H,1H3,(H,9,10);2*2-5H,1H3. The number of aromatic amines is 2. The van der Waals surface area contributed by atoms with Gasteiger partial charge in [-0.1, -0.05) is 255 Å². The smallest absolute Gasteiger partial charge is 0.192 e. The number of hydrogen-bond donors (Lipinski definition) is 2. The first kappa shape index (κ1) is 89.4. The summed E-state index contributed by atoms with van der Waals surface area (Å²) < 4.78 is 13.3.